The normalized spacial score (nSPS) is 10.2. The van der Waals surface area contributed by atoms with E-state index in [9.17, 15) is 0 Å². The molecule has 82 valence electrons. The summed E-state index contributed by atoms with van der Waals surface area (Å²) in [7, 11) is 0. The van der Waals surface area contributed by atoms with Crippen molar-refractivity contribution in [1.29, 1.82) is 0 Å². The van der Waals surface area contributed by atoms with Crippen LogP contribution in [-0.2, 0) is 0 Å². The molecule has 0 aliphatic heterocycles. The van der Waals surface area contributed by atoms with E-state index in [0.29, 0.717) is 0 Å². The van der Waals surface area contributed by atoms with E-state index in [0.717, 1.165) is 24.9 Å². The van der Waals surface area contributed by atoms with Gasteiger partial charge in [0.05, 0.1) is 10.2 Å². The number of pyridine rings is 1. The van der Waals surface area contributed by atoms with Crippen LogP contribution in [-0.4, -0.2) is 4.98 Å². The second-order valence-electron chi connectivity index (χ2n) is 3.08. The van der Waals surface area contributed by atoms with Crippen LogP contribution in [0.5, 0.6) is 0 Å². The van der Waals surface area contributed by atoms with Crippen molar-refractivity contribution in [2.75, 3.05) is 5.32 Å². The lowest BCUT2D eigenvalue weighted by atomic mass is 10.3. The molecule has 1 aromatic heterocycles. The maximum Gasteiger partial charge on any atom is 0.144 e. The highest BCUT2D eigenvalue weighted by Gasteiger charge is 2.04. The SMILES string of the molecule is Brc1ccc(Nc2ncccc2Br)c(Br)c1. The van der Waals surface area contributed by atoms with Crippen molar-refractivity contribution in [2.24, 2.45) is 0 Å². The Bertz CT molecular complexity index is 514. The van der Waals surface area contributed by atoms with Crippen LogP contribution < -0.4 is 5.32 Å². The monoisotopic (exact) mass is 404 g/mol. The van der Waals surface area contributed by atoms with E-state index in [1.165, 1.54) is 0 Å². The van der Waals surface area contributed by atoms with Gasteiger partial charge in [0, 0.05) is 15.1 Å². The van der Waals surface area contributed by atoms with Crippen molar-refractivity contribution in [2.45, 2.75) is 0 Å². The van der Waals surface area contributed by atoms with Crippen molar-refractivity contribution >= 4 is 59.3 Å². The number of aromatic nitrogens is 1. The van der Waals surface area contributed by atoms with Crippen molar-refractivity contribution in [3.63, 3.8) is 0 Å². The fourth-order valence-corrected chi connectivity index (χ4v) is 2.70. The van der Waals surface area contributed by atoms with Crippen LogP contribution in [0.15, 0.2) is 49.9 Å². The number of nitrogens with one attached hydrogen (secondary N) is 1. The highest BCUT2D eigenvalue weighted by atomic mass is 79.9. The Kier molecular flexibility index (Phi) is 4.00. The van der Waals surface area contributed by atoms with Gasteiger partial charge in [0.2, 0.25) is 0 Å². The number of benzene rings is 1. The van der Waals surface area contributed by atoms with E-state index < -0.39 is 0 Å². The molecule has 0 unspecified atom stereocenters. The Morgan fingerprint density at radius 1 is 1.00 bits per heavy atom. The van der Waals surface area contributed by atoms with Crippen LogP contribution in [0, 0.1) is 0 Å². The molecular weight excluding hydrogens is 400 g/mol. The first kappa shape index (κ1) is 12.1. The number of hydrogen-bond acceptors (Lipinski definition) is 2. The molecule has 16 heavy (non-hydrogen) atoms. The Morgan fingerprint density at radius 3 is 2.50 bits per heavy atom. The Labute approximate surface area is 119 Å². The summed E-state index contributed by atoms with van der Waals surface area (Å²) in [5.41, 5.74) is 0.975. The summed E-state index contributed by atoms with van der Waals surface area (Å²) in [6, 6.07) is 9.77. The van der Waals surface area contributed by atoms with Gasteiger partial charge in [0.1, 0.15) is 5.82 Å². The fraction of sp³-hybridized carbons (Fsp3) is 0. The summed E-state index contributed by atoms with van der Waals surface area (Å²) in [6.45, 7) is 0. The highest BCUT2D eigenvalue weighted by Crippen LogP contribution is 2.30. The van der Waals surface area contributed by atoms with Crippen LogP contribution in [0.25, 0.3) is 0 Å². The molecule has 0 bridgehead atoms. The minimum Gasteiger partial charge on any atom is -0.338 e. The molecule has 0 saturated heterocycles. The Balaban J connectivity index is 2.31. The molecule has 2 rings (SSSR count). The average Bonchev–Trinajstić information content (AvgIpc) is 2.25. The minimum absolute atomic E-state index is 0.797. The second kappa shape index (κ2) is 5.29. The summed E-state index contributed by atoms with van der Waals surface area (Å²) < 4.78 is 2.95. The molecule has 0 amide bonds. The zero-order chi connectivity index (χ0) is 11.5. The number of hydrogen-bond donors (Lipinski definition) is 1. The molecule has 0 aliphatic carbocycles. The average molecular weight is 407 g/mol. The zero-order valence-corrected chi connectivity index (χ0v) is 12.8. The van der Waals surface area contributed by atoms with Crippen molar-refractivity contribution in [1.82, 2.24) is 4.98 Å². The quantitative estimate of drug-likeness (QED) is 0.749. The van der Waals surface area contributed by atoms with E-state index in [4.69, 9.17) is 0 Å². The molecule has 0 radical (unpaired) electrons. The van der Waals surface area contributed by atoms with Gasteiger partial charge in [-0.05, 0) is 62.2 Å². The fourth-order valence-electron chi connectivity index (χ4n) is 1.20. The minimum atomic E-state index is 0.797. The van der Waals surface area contributed by atoms with Gasteiger partial charge in [-0.25, -0.2) is 4.98 Å². The lowest BCUT2D eigenvalue weighted by molar-refractivity contribution is 1.29. The van der Waals surface area contributed by atoms with Gasteiger partial charge in [0.25, 0.3) is 0 Å². The number of rotatable bonds is 2. The van der Waals surface area contributed by atoms with E-state index in [-0.39, 0.29) is 0 Å². The molecule has 0 spiro atoms. The van der Waals surface area contributed by atoms with Crippen molar-refractivity contribution in [3.8, 4) is 0 Å². The molecular formula is C11H7Br3N2. The zero-order valence-electron chi connectivity index (χ0n) is 8.05. The molecule has 0 fully saturated rings. The van der Waals surface area contributed by atoms with Gasteiger partial charge in [-0.15, -0.1) is 0 Å². The van der Waals surface area contributed by atoms with Gasteiger partial charge in [-0.1, -0.05) is 15.9 Å². The largest absolute Gasteiger partial charge is 0.338 e. The molecule has 1 aromatic carbocycles. The third kappa shape index (κ3) is 2.84. The van der Waals surface area contributed by atoms with Crippen LogP contribution in [0.2, 0.25) is 0 Å². The summed E-state index contributed by atoms with van der Waals surface area (Å²) in [6.07, 6.45) is 1.75. The maximum atomic E-state index is 4.25. The first-order chi connectivity index (χ1) is 7.66. The van der Waals surface area contributed by atoms with Crippen molar-refractivity contribution in [3.05, 3.63) is 49.9 Å². The summed E-state index contributed by atoms with van der Waals surface area (Å²) in [5, 5.41) is 3.24. The third-order valence-electron chi connectivity index (χ3n) is 1.94. The van der Waals surface area contributed by atoms with Crippen LogP contribution in [0.1, 0.15) is 0 Å². The van der Waals surface area contributed by atoms with Gasteiger partial charge < -0.3 is 5.32 Å². The summed E-state index contributed by atoms with van der Waals surface area (Å²) >= 11 is 10.4. The predicted molar refractivity (Wildman–Crippen MR) is 77.1 cm³/mol. The van der Waals surface area contributed by atoms with Gasteiger partial charge in [-0.3, -0.25) is 0 Å². The Morgan fingerprint density at radius 2 is 1.81 bits per heavy atom. The second-order valence-corrected chi connectivity index (χ2v) is 5.71. The Hall–Kier alpha value is -0.390. The molecule has 0 atom stereocenters. The molecule has 1 N–H and O–H groups in total. The van der Waals surface area contributed by atoms with E-state index in [1.807, 2.05) is 30.3 Å². The first-order valence-electron chi connectivity index (χ1n) is 4.49. The van der Waals surface area contributed by atoms with E-state index in [1.54, 1.807) is 6.20 Å². The summed E-state index contributed by atoms with van der Waals surface area (Å²) in [5.74, 6) is 0.797. The molecule has 5 heteroatoms. The predicted octanol–water partition coefficient (Wildman–Crippen LogP) is 5.11. The molecule has 0 saturated carbocycles. The molecule has 0 aliphatic rings. The lowest BCUT2D eigenvalue weighted by Crippen LogP contribution is -1.94. The lowest BCUT2D eigenvalue weighted by Gasteiger charge is -2.09. The van der Waals surface area contributed by atoms with Crippen LogP contribution in [0.3, 0.4) is 0 Å². The third-order valence-corrected chi connectivity index (χ3v) is 3.73. The van der Waals surface area contributed by atoms with Gasteiger partial charge in [0.15, 0.2) is 0 Å². The van der Waals surface area contributed by atoms with E-state index in [2.05, 4.69) is 58.1 Å². The number of nitrogens with zero attached hydrogens (tertiary/aromatic N) is 1. The van der Waals surface area contributed by atoms with Crippen LogP contribution >= 0.6 is 47.8 Å². The topological polar surface area (TPSA) is 24.9 Å². The highest BCUT2D eigenvalue weighted by molar-refractivity contribution is 9.11. The van der Waals surface area contributed by atoms with Crippen LogP contribution in [0.4, 0.5) is 11.5 Å². The molecule has 2 aromatic rings. The summed E-state index contributed by atoms with van der Waals surface area (Å²) in [4.78, 5) is 4.25. The van der Waals surface area contributed by atoms with E-state index >= 15 is 0 Å². The number of anilines is 2. The van der Waals surface area contributed by atoms with Gasteiger partial charge >= 0.3 is 0 Å². The first-order valence-corrected chi connectivity index (χ1v) is 6.87. The van der Waals surface area contributed by atoms with Crippen molar-refractivity contribution < 1.29 is 0 Å². The maximum absolute atomic E-state index is 4.25. The smallest absolute Gasteiger partial charge is 0.144 e. The molecule has 2 nitrogen and oxygen atoms in total. The van der Waals surface area contributed by atoms with Gasteiger partial charge in [-0.2, -0.15) is 0 Å². The standard InChI is InChI=1S/C11H7Br3N2/c12-7-3-4-10(9(14)6-7)16-11-8(13)2-1-5-15-11/h1-6H,(H,15,16). The number of halogens is 3. The molecule has 1 heterocycles.